The Kier molecular flexibility index (Phi) is 5.49. The van der Waals surface area contributed by atoms with Crippen molar-refractivity contribution in [3.8, 4) is 0 Å². The van der Waals surface area contributed by atoms with Crippen LogP contribution < -0.4 is 0 Å². The molecule has 0 aliphatic carbocycles. The van der Waals surface area contributed by atoms with E-state index in [1.807, 2.05) is 68.4 Å². The summed E-state index contributed by atoms with van der Waals surface area (Å²) in [6, 6.07) is 17.8. The molecule has 132 valence electrons. The fourth-order valence-electron chi connectivity index (χ4n) is 2.40. The van der Waals surface area contributed by atoms with Crippen molar-refractivity contribution in [3.05, 3.63) is 84.6 Å². The molecule has 0 radical (unpaired) electrons. The van der Waals surface area contributed by atoms with Gasteiger partial charge in [-0.3, -0.25) is 0 Å². The van der Waals surface area contributed by atoms with E-state index in [-0.39, 0.29) is 0 Å². The first-order valence-corrected chi connectivity index (χ1v) is 8.25. The van der Waals surface area contributed by atoms with Crippen molar-refractivity contribution in [2.75, 3.05) is 0 Å². The molecule has 5 rings (SSSR count). The van der Waals surface area contributed by atoms with Gasteiger partial charge in [-0.1, -0.05) is 30.3 Å². The summed E-state index contributed by atoms with van der Waals surface area (Å²) in [5.41, 5.74) is 2.76. The lowest BCUT2D eigenvalue weighted by molar-refractivity contribution is 0.521. The van der Waals surface area contributed by atoms with Gasteiger partial charge in [0.05, 0.1) is 6.20 Å². The highest BCUT2D eigenvalue weighted by Gasteiger charge is 1.97. The molecule has 0 aliphatic heterocycles. The van der Waals surface area contributed by atoms with Crippen LogP contribution in [0.2, 0.25) is 0 Å². The molecule has 0 fully saturated rings. The fourth-order valence-corrected chi connectivity index (χ4v) is 2.40. The lowest BCUT2D eigenvalue weighted by Gasteiger charge is -1.82. The van der Waals surface area contributed by atoms with Crippen LogP contribution in [-0.2, 0) is 0 Å². The maximum absolute atomic E-state index is 5.37. The average molecular weight is 348 g/mol. The third kappa shape index (κ3) is 4.60. The molecule has 26 heavy (non-hydrogen) atoms. The summed E-state index contributed by atoms with van der Waals surface area (Å²) in [5.74, 6) is 2.41. The number of benzene rings is 2. The number of nitrogens with zero attached hydrogens (tertiary/aromatic N) is 2. The second kappa shape index (κ2) is 8.16. The molecule has 0 aliphatic rings. The van der Waals surface area contributed by atoms with Crippen LogP contribution in [0.5, 0.6) is 0 Å². The summed E-state index contributed by atoms with van der Waals surface area (Å²) in [5, 5.41) is 1.18. The second-order valence-electron chi connectivity index (χ2n) is 5.65. The predicted molar refractivity (Wildman–Crippen MR) is 101 cm³/mol. The minimum atomic E-state index is 0.718. The molecular weight excluding hydrogens is 328 g/mol. The Balaban J connectivity index is 0.000000117. The minimum Gasteiger partial charge on any atom is -0.461 e. The largest absolute Gasteiger partial charge is 0.461 e. The maximum atomic E-state index is 5.37. The van der Waals surface area contributed by atoms with Gasteiger partial charge in [-0.2, -0.15) is 0 Å². The normalized spacial score (nSPS) is 10.1. The predicted octanol–water partition coefficient (Wildman–Crippen LogP) is 5.86. The smallest absolute Gasteiger partial charge is 0.192 e. The lowest BCUT2D eigenvalue weighted by atomic mass is 10.2. The van der Waals surface area contributed by atoms with Gasteiger partial charge in [0.1, 0.15) is 23.1 Å². The van der Waals surface area contributed by atoms with Crippen LogP contribution in [0.1, 0.15) is 17.5 Å². The molecule has 2 aromatic carbocycles. The Bertz CT molecular complexity index is 937. The summed E-state index contributed by atoms with van der Waals surface area (Å²) >= 11 is 0. The standard InChI is InChI=1S/C9H8O.C8H7NO.C4H5NO/c1-7-6-8-4-2-3-5-9(8)10-7;1-6-9-7-4-2-3-5-8(7)10-6;1-4-5-2-3-6-4/h2-6H,1H3;2-5H,1H3;2-3H,1H3. The number of para-hydroxylation sites is 3. The first kappa shape index (κ1) is 17.5. The second-order valence-corrected chi connectivity index (χ2v) is 5.65. The van der Waals surface area contributed by atoms with Crippen LogP contribution in [0.25, 0.3) is 22.1 Å². The maximum Gasteiger partial charge on any atom is 0.192 e. The highest BCUT2D eigenvalue weighted by molar-refractivity contribution is 5.77. The van der Waals surface area contributed by atoms with E-state index >= 15 is 0 Å². The average Bonchev–Trinajstić information content (AvgIpc) is 3.33. The molecule has 0 atom stereocenters. The van der Waals surface area contributed by atoms with Gasteiger partial charge < -0.3 is 13.3 Å². The van der Waals surface area contributed by atoms with Gasteiger partial charge in [0.2, 0.25) is 0 Å². The van der Waals surface area contributed by atoms with Gasteiger partial charge >= 0.3 is 0 Å². The molecule has 3 aromatic heterocycles. The number of rotatable bonds is 0. The molecule has 5 nitrogen and oxygen atoms in total. The van der Waals surface area contributed by atoms with Gasteiger partial charge in [0, 0.05) is 19.2 Å². The zero-order chi connectivity index (χ0) is 18.4. The van der Waals surface area contributed by atoms with E-state index in [2.05, 4.69) is 9.97 Å². The minimum absolute atomic E-state index is 0.718. The number of furan rings is 1. The molecule has 0 bridgehead atoms. The number of aromatic nitrogens is 2. The molecule has 0 saturated heterocycles. The molecule has 0 spiro atoms. The Morgan fingerprint density at radius 2 is 1.50 bits per heavy atom. The molecule has 0 saturated carbocycles. The fraction of sp³-hybridized carbons (Fsp3) is 0.143. The monoisotopic (exact) mass is 348 g/mol. The van der Waals surface area contributed by atoms with Crippen molar-refractivity contribution in [2.45, 2.75) is 20.8 Å². The van der Waals surface area contributed by atoms with Gasteiger partial charge in [0.25, 0.3) is 0 Å². The van der Waals surface area contributed by atoms with Crippen LogP contribution in [0.4, 0.5) is 0 Å². The highest BCUT2D eigenvalue weighted by atomic mass is 16.3. The van der Waals surface area contributed by atoms with E-state index in [0.717, 1.165) is 34.2 Å². The molecule has 0 amide bonds. The highest BCUT2D eigenvalue weighted by Crippen LogP contribution is 2.17. The first-order chi connectivity index (χ1) is 12.6. The zero-order valence-corrected chi connectivity index (χ0v) is 15.0. The Morgan fingerprint density at radius 1 is 0.769 bits per heavy atom. The van der Waals surface area contributed by atoms with Crippen LogP contribution >= 0.6 is 0 Å². The molecular formula is C21H20N2O3. The molecule has 3 heterocycles. The van der Waals surface area contributed by atoms with Crippen molar-refractivity contribution in [1.29, 1.82) is 0 Å². The number of hydrogen-bond acceptors (Lipinski definition) is 5. The van der Waals surface area contributed by atoms with Gasteiger partial charge in [-0.15, -0.1) is 0 Å². The number of aryl methyl sites for hydroxylation is 3. The van der Waals surface area contributed by atoms with E-state index < -0.39 is 0 Å². The third-order valence-electron chi connectivity index (χ3n) is 3.51. The topological polar surface area (TPSA) is 65.2 Å². The summed E-state index contributed by atoms with van der Waals surface area (Å²) in [7, 11) is 0. The van der Waals surface area contributed by atoms with Crippen LogP contribution in [-0.4, -0.2) is 9.97 Å². The van der Waals surface area contributed by atoms with Crippen molar-refractivity contribution in [1.82, 2.24) is 9.97 Å². The summed E-state index contributed by atoms with van der Waals surface area (Å²) < 4.78 is 15.3. The Hall–Kier alpha value is -3.34. The van der Waals surface area contributed by atoms with E-state index in [4.69, 9.17) is 13.3 Å². The number of fused-ring (bicyclic) bond motifs is 2. The van der Waals surface area contributed by atoms with Gasteiger partial charge in [-0.25, -0.2) is 9.97 Å². The SMILES string of the molecule is Cc1cc2ccccc2o1.Cc1nc2ccccc2o1.Cc1ncco1. The zero-order valence-electron chi connectivity index (χ0n) is 15.0. The van der Waals surface area contributed by atoms with Crippen LogP contribution in [0, 0.1) is 20.8 Å². The first-order valence-electron chi connectivity index (χ1n) is 8.25. The van der Waals surface area contributed by atoms with E-state index in [1.54, 1.807) is 19.4 Å². The van der Waals surface area contributed by atoms with E-state index in [0.29, 0.717) is 0 Å². The Morgan fingerprint density at radius 3 is 2.12 bits per heavy atom. The lowest BCUT2D eigenvalue weighted by Crippen LogP contribution is -1.65. The summed E-state index contributed by atoms with van der Waals surface area (Å²) in [6.45, 7) is 5.61. The number of oxazole rings is 2. The van der Waals surface area contributed by atoms with Crippen molar-refractivity contribution >= 4 is 22.1 Å². The van der Waals surface area contributed by atoms with Crippen molar-refractivity contribution in [2.24, 2.45) is 0 Å². The van der Waals surface area contributed by atoms with E-state index in [1.165, 1.54) is 5.39 Å². The molecule has 5 aromatic rings. The quantitative estimate of drug-likeness (QED) is 0.351. The van der Waals surface area contributed by atoms with Crippen molar-refractivity contribution < 1.29 is 13.3 Å². The number of hydrogen-bond donors (Lipinski definition) is 0. The molecule has 0 N–H and O–H groups in total. The Labute approximate surface area is 151 Å². The van der Waals surface area contributed by atoms with Gasteiger partial charge in [0.15, 0.2) is 17.4 Å². The summed E-state index contributed by atoms with van der Waals surface area (Å²) in [4.78, 5) is 7.90. The molecule has 5 heteroatoms. The van der Waals surface area contributed by atoms with Crippen molar-refractivity contribution in [3.63, 3.8) is 0 Å². The van der Waals surface area contributed by atoms with Crippen LogP contribution in [0.15, 0.2) is 80.3 Å². The third-order valence-corrected chi connectivity index (χ3v) is 3.51. The van der Waals surface area contributed by atoms with Crippen LogP contribution in [0.3, 0.4) is 0 Å². The molecule has 0 unspecified atom stereocenters. The van der Waals surface area contributed by atoms with Gasteiger partial charge in [-0.05, 0) is 31.2 Å². The van der Waals surface area contributed by atoms with E-state index in [9.17, 15) is 0 Å². The summed E-state index contributed by atoms with van der Waals surface area (Å²) in [6.07, 6.45) is 3.17.